The lowest BCUT2D eigenvalue weighted by atomic mass is 9.98. The Hall–Kier alpha value is -3.74. The Bertz CT molecular complexity index is 2370. The summed E-state index contributed by atoms with van der Waals surface area (Å²) in [6.07, 6.45) is 15.2. The van der Waals surface area contributed by atoms with Crippen LogP contribution in [0.2, 0.25) is 0 Å². The molecule has 0 aromatic carbocycles. The lowest BCUT2D eigenvalue weighted by Crippen LogP contribution is -2.39. The maximum atomic E-state index is 12.1. The second kappa shape index (κ2) is 16.4. The number of hydrogen-bond acceptors (Lipinski definition) is 16. The molecule has 4 N–H and O–H groups in total. The summed E-state index contributed by atoms with van der Waals surface area (Å²) in [5.41, 5.74) is 6.22. The van der Waals surface area contributed by atoms with Crippen LogP contribution in [0.1, 0.15) is 74.1 Å². The van der Waals surface area contributed by atoms with Gasteiger partial charge in [0, 0.05) is 18.6 Å². The van der Waals surface area contributed by atoms with Crippen LogP contribution in [-0.2, 0) is 10.8 Å². The van der Waals surface area contributed by atoms with Crippen molar-refractivity contribution in [1.29, 1.82) is 0 Å². The summed E-state index contributed by atoms with van der Waals surface area (Å²) in [6.45, 7) is 7.94. The van der Waals surface area contributed by atoms with Gasteiger partial charge in [0.05, 0.1) is 78.4 Å². The van der Waals surface area contributed by atoms with E-state index in [4.69, 9.17) is 15.0 Å². The molecular weight excluding hydrogens is 773 g/mol. The standard InChI is InChI=1S/C19H23N5O2S2.C19H23N5OS2/c1-11-14(17-22-15-12(2)20-9-6-13(15)27-17)16(23-18(21-11)28(3)26)24-19(10-25)7-4-5-8-19;1-11-14(17-22-15-12(2)20-9-6-13(15)27-17)16(23-18(21-11)26-3)24-19(10-25)7-4-5-8-19/h6,9,25H,4-5,7-8,10H2,1-3H3,(H,21,23,24);6,9,25H,4-5,7-8,10H2,1-3H3,(H,21,23,24). The maximum Gasteiger partial charge on any atom is 0.220 e. The molecule has 2 aliphatic carbocycles. The number of thioether (sulfide) groups is 1. The van der Waals surface area contributed by atoms with Crippen molar-refractivity contribution in [3.63, 3.8) is 0 Å². The third kappa shape index (κ3) is 8.09. The fourth-order valence-corrected chi connectivity index (χ4v) is 10.6. The van der Waals surface area contributed by atoms with Crippen LogP contribution in [0.4, 0.5) is 11.6 Å². The number of nitrogens with zero attached hydrogens (tertiary/aromatic N) is 8. The molecule has 55 heavy (non-hydrogen) atoms. The zero-order chi connectivity index (χ0) is 38.9. The molecule has 0 bridgehead atoms. The summed E-state index contributed by atoms with van der Waals surface area (Å²) in [5, 5.41) is 29.9. The summed E-state index contributed by atoms with van der Waals surface area (Å²) in [6, 6.07) is 3.95. The Morgan fingerprint density at radius 3 is 1.56 bits per heavy atom. The molecule has 0 amide bonds. The van der Waals surface area contributed by atoms with Crippen LogP contribution in [0.25, 0.3) is 41.6 Å². The molecule has 8 rings (SSSR count). The van der Waals surface area contributed by atoms with Gasteiger partial charge in [-0.05, 0) is 71.8 Å². The number of fused-ring (bicyclic) bond motifs is 2. The van der Waals surface area contributed by atoms with E-state index < -0.39 is 16.3 Å². The van der Waals surface area contributed by atoms with Crippen LogP contribution in [0, 0.1) is 27.7 Å². The molecule has 0 aliphatic heterocycles. The van der Waals surface area contributed by atoms with Gasteiger partial charge in [-0.15, -0.1) is 22.7 Å². The largest absolute Gasteiger partial charge is 0.394 e. The molecule has 17 heteroatoms. The van der Waals surface area contributed by atoms with E-state index in [9.17, 15) is 14.4 Å². The molecule has 2 saturated carbocycles. The summed E-state index contributed by atoms with van der Waals surface area (Å²) >= 11 is 4.71. The minimum absolute atomic E-state index is 0.0307. The maximum absolute atomic E-state index is 12.1. The number of pyridine rings is 2. The molecule has 1 atom stereocenters. The Balaban J connectivity index is 0.000000169. The highest BCUT2D eigenvalue weighted by molar-refractivity contribution is 7.98. The number of rotatable bonds is 10. The van der Waals surface area contributed by atoms with Gasteiger partial charge in [-0.2, -0.15) is 0 Å². The monoisotopic (exact) mass is 818 g/mol. The van der Waals surface area contributed by atoms with E-state index in [2.05, 4.69) is 35.6 Å². The molecule has 13 nitrogen and oxygen atoms in total. The quantitative estimate of drug-likeness (QED) is 0.0791. The predicted molar refractivity (Wildman–Crippen MR) is 224 cm³/mol. The number of aryl methyl sites for hydroxylation is 4. The molecule has 0 saturated heterocycles. The first-order valence-electron chi connectivity index (χ1n) is 18.4. The van der Waals surface area contributed by atoms with Crippen molar-refractivity contribution in [2.24, 2.45) is 0 Å². The molecule has 2 aliphatic rings. The first-order valence-corrected chi connectivity index (χ1v) is 22.8. The van der Waals surface area contributed by atoms with Gasteiger partial charge in [-0.3, -0.25) is 14.2 Å². The van der Waals surface area contributed by atoms with Crippen molar-refractivity contribution in [1.82, 2.24) is 39.9 Å². The molecule has 6 aromatic heterocycles. The number of aliphatic hydroxyl groups is 2. The van der Waals surface area contributed by atoms with E-state index in [0.717, 1.165) is 127 Å². The molecule has 1 unspecified atom stereocenters. The van der Waals surface area contributed by atoms with Crippen molar-refractivity contribution in [2.75, 3.05) is 36.4 Å². The highest BCUT2D eigenvalue weighted by Crippen LogP contribution is 2.42. The van der Waals surface area contributed by atoms with E-state index in [-0.39, 0.29) is 23.9 Å². The van der Waals surface area contributed by atoms with Gasteiger partial charge < -0.3 is 20.8 Å². The third-order valence-corrected chi connectivity index (χ3v) is 13.8. The van der Waals surface area contributed by atoms with Crippen molar-refractivity contribution >= 4 is 77.3 Å². The average molecular weight is 819 g/mol. The molecule has 6 aromatic rings. The lowest BCUT2D eigenvalue weighted by molar-refractivity contribution is 0.213. The molecule has 2 fully saturated rings. The number of aromatic nitrogens is 8. The third-order valence-electron chi connectivity index (χ3n) is 10.5. The van der Waals surface area contributed by atoms with Crippen LogP contribution in [0.5, 0.6) is 0 Å². The van der Waals surface area contributed by atoms with Crippen molar-refractivity contribution < 1.29 is 14.4 Å². The van der Waals surface area contributed by atoms with Gasteiger partial charge >= 0.3 is 0 Å². The lowest BCUT2D eigenvalue weighted by Gasteiger charge is -2.29. The Morgan fingerprint density at radius 2 is 1.15 bits per heavy atom. The van der Waals surface area contributed by atoms with E-state index in [1.165, 1.54) is 11.8 Å². The SMILES string of the molecule is CSc1nc(C)c(-c2nc3c(C)nccc3s2)c(NC2(CO)CCCC2)n1.Cc1nc(S(C)=O)nc(NC2(CO)CCCC2)c1-c1nc2c(C)nccc2s1. The smallest absolute Gasteiger partial charge is 0.220 e. The van der Waals surface area contributed by atoms with Crippen LogP contribution in [0.15, 0.2) is 34.8 Å². The minimum atomic E-state index is -1.30. The fraction of sp³-hybridized carbons (Fsp3) is 0.474. The van der Waals surface area contributed by atoms with E-state index in [0.29, 0.717) is 5.82 Å². The van der Waals surface area contributed by atoms with E-state index >= 15 is 0 Å². The van der Waals surface area contributed by atoms with Gasteiger partial charge in [0.1, 0.15) is 32.7 Å². The Kier molecular flexibility index (Phi) is 11.8. The van der Waals surface area contributed by atoms with Crippen molar-refractivity contribution in [3.8, 4) is 21.1 Å². The van der Waals surface area contributed by atoms with Crippen molar-refractivity contribution in [3.05, 3.63) is 47.3 Å². The van der Waals surface area contributed by atoms with Gasteiger partial charge in [0.2, 0.25) is 5.16 Å². The number of aliphatic hydroxyl groups excluding tert-OH is 2. The average Bonchev–Trinajstić information content (AvgIpc) is 3.99. The zero-order valence-corrected chi connectivity index (χ0v) is 35.2. The van der Waals surface area contributed by atoms with Gasteiger partial charge in [0.15, 0.2) is 5.16 Å². The molecule has 0 radical (unpaired) electrons. The van der Waals surface area contributed by atoms with Crippen LogP contribution >= 0.6 is 34.4 Å². The second-order valence-corrected chi connectivity index (χ2v) is 18.5. The molecular formula is C38H46N10O3S4. The van der Waals surface area contributed by atoms with E-state index in [1.54, 1.807) is 35.1 Å². The zero-order valence-electron chi connectivity index (χ0n) is 31.9. The van der Waals surface area contributed by atoms with Crippen LogP contribution < -0.4 is 10.6 Å². The topological polar surface area (TPSA) is 185 Å². The second-order valence-electron chi connectivity index (χ2n) is 14.4. The van der Waals surface area contributed by atoms with Gasteiger partial charge in [-0.1, -0.05) is 37.4 Å². The normalized spacial score (nSPS) is 16.7. The number of thiazole rings is 2. The number of anilines is 2. The van der Waals surface area contributed by atoms with Crippen LogP contribution in [-0.4, -0.2) is 91.1 Å². The van der Waals surface area contributed by atoms with Crippen molar-refractivity contribution in [2.45, 2.75) is 100 Å². The summed E-state index contributed by atoms with van der Waals surface area (Å²) < 4.78 is 14.2. The number of nitrogens with one attached hydrogen (secondary N) is 2. The van der Waals surface area contributed by atoms with Gasteiger partial charge in [-0.25, -0.2) is 29.9 Å². The number of hydrogen-bond donors (Lipinski definition) is 4. The molecule has 0 spiro atoms. The molecule has 6 heterocycles. The van der Waals surface area contributed by atoms with E-state index in [1.807, 2.05) is 52.3 Å². The van der Waals surface area contributed by atoms with Crippen LogP contribution in [0.3, 0.4) is 0 Å². The first-order chi connectivity index (χ1) is 26.5. The highest BCUT2D eigenvalue weighted by atomic mass is 32.2. The Morgan fingerprint density at radius 1 is 0.691 bits per heavy atom. The molecule has 290 valence electrons. The summed E-state index contributed by atoms with van der Waals surface area (Å²) in [5.74, 6) is 1.37. The Labute approximate surface area is 335 Å². The highest BCUT2D eigenvalue weighted by Gasteiger charge is 2.36. The predicted octanol–water partition coefficient (Wildman–Crippen LogP) is 7.42. The minimum Gasteiger partial charge on any atom is -0.394 e. The summed E-state index contributed by atoms with van der Waals surface area (Å²) in [7, 11) is -1.30. The first kappa shape index (κ1) is 39.5. The fourth-order valence-electron chi connectivity index (χ4n) is 7.44. The summed E-state index contributed by atoms with van der Waals surface area (Å²) in [4.78, 5) is 36.8. The van der Waals surface area contributed by atoms with Gasteiger partial charge in [0.25, 0.3) is 0 Å².